The summed E-state index contributed by atoms with van der Waals surface area (Å²) in [5.41, 5.74) is 0. The van der Waals surface area contributed by atoms with Gasteiger partial charge in [0.25, 0.3) is 0 Å². The monoisotopic (exact) mass is 358 g/mol. The summed E-state index contributed by atoms with van der Waals surface area (Å²) in [4.78, 5) is 0. The molecule has 0 spiro atoms. The molecule has 0 N–H and O–H groups in total. The van der Waals surface area contributed by atoms with E-state index >= 15 is 0 Å². The van der Waals surface area contributed by atoms with Gasteiger partial charge >= 0.3 is 17.1 Å². The summed E-state index contributed by atoms with van der Waals surface area (Å²) in [5, 5.41) is 0. The van der Waals surface area contributed by atoms with Crippen molar-refractivity contribution < 1.29 is 0 Å². The maximum atomic E-state index is 0. The van der Waals surface area contributed by atoms with Gasteiger partial charge in [-0.05, 0) is 0 Å². The van der Waals surface area contributed by atoms with Crippen LogP contribution in [0, 0.1) is 0 Å². The molecule has 5 heavy (non-hydrogen) atoms. The Balaban J connectivity index is 0. The van der Waals surface area contributed by atoms with Gasteiger partial charge in [0.1, 0.15) is 0 Å². The molecule has 0 amide bonds. The van der Waals surface area contributed by atoms with Crippen LogP contribution in [-0.2, 0) is 0 Å². The summed E-state index contributed by atoms with van der Waals surface area (Å²) in [6.07, 6.45) is 0. The van der Waals surface area contributed by atoms with Crippen LogP contribution in [0.3, 0.4) is 0 Å². The molecule has 0 heterocycles. The second kappa shape index (κ2) is 34.0. The van der Waals surface area contributed by atoms with E-state index in [4.69, 9.17) is 0 Å². The Bertz CT molecular complexity index is 6.85. The minimum absolute atomic E-state index is 0. The third-order valence-corrected chi connectivity index (χ3v) is 0. The molecule has 0 aromatic carbocycles. The van der Waals surface area contributed by atoms with Gasteiger partial charge in [-0.1, -0.05) is 0 Å². The van der Waals surface area contributed by atoms with Gasteiger partial charge in [0.2, 0.25) is 0 Å². The summed E-state index contributed by atoms with van der Waals surface area (Å²) in [7, 11) is 0. The van der Waals surface area contributed by atoms with Crippen LogP contribution in [0.2, 0.25) is 0 Å². The molecule has 0 bridgehead atoms. The van der Waals surface area contributed by atoms with Crippen molar-refractivity contribution >= 4 is 80.4 Å². The van der Waals surface area contributed by atoms with Crippen LogP contribution >= 0.6 is 63.4 Å². The van der Waals surface area contributed by atoms with Crippen molar-refractivity contribution in [2.45, 2.75) is 0 Å². The number of hydrogen-bond acceptors (Lipinski definition) is 0. The predicted molar refractivity (Wildman–Crippen MR) is 46.8 cm³/mol. The quantitative estimate of drug-likeness (QED) is 0.571. The standard InChI is InChI=1S/3BrH.ClH.H2Se/h4*1H;1H2. The van der Waals surface area contributed by atoms with E-state index in [0.717, 1.165) is 0 Å². The third kappa shape index (κ3) is 22.3. The van der Waals surface area contributed by atoms with Gasteiger partial charge in [-0.15, -0.1) is 63.4 Å². The Labute approximate surface area is 79.7 Å². The van der Waals surface area contributed by atoms with E-state index in [1.54, 1.807) is 0 Å². The average molecular weight is 360 g/mol. The summed E-state index contributed by atoms with van der Waals surface area (Å²) >= 11 is 0. The first kappa shape index (κ1) is 56.0. The van der Waals surface area contributed by atoms with Crippen molar-refractivity contribution in [3.63, 3.8) is 0 Å². The topological polar surface area (TPSA) is 0 Å². The van der Waals surface area contributed by atoms with Gasteiger partial charge in [-0.2, -0.15) is 0 Å². The molecule has 0 fully saturated rings. The predicted octanol–water partition coefficient (Wildman–Crippen LogP) is 1.24. The number of hydrogen-bond donors (Lipinski definition) is 0. The van der Waals surface area contributed by atoms with Gasteiger partial charge in [-0.25, -0.2) is 0 Å². The van der Waals surface area contributed by atoms with Crippen LogP contribution in [0.25, 0.3) is 0 Å². The Morgan fingerprint density at radius 2 is 0.600 bits per heavy atom. The van der Waals surface area contributed by atoms with Crippen molar-refractivity contribution in [1.82, 2.24) is 0 Å². The van der Waals surface area contributed by atoms with Crippen LogP contribution in [0.4, 0.5) is 0 Å². The van der Waals surface area contributed by atoms with Crippen molar-refractivity contribution in [2.75, 3.05) is 0 Å². The molecule has 0 saturated carbocycles. The van der Waals surface area contributed by atoms with Gasteiger partial charge in [0.15, 0.2) is 0 Å². The molecule has 0 rings (SSSR count). The van der Waals surface area contributed by atoms with Crippen molar-refractivity contribution in [1.29, 1.82) is 0 Å². The fraction of sp³-hybridized carbons (Fsp3) is 0. The molecule has 0 nitrogen and oxygen atoms in total. The van der Waals surface area contributed by atoms with Crippen molar-refractivity contribution in [3.05, 3.63) is 0 Å². The molecule has 40 valence electrons. The molecule has 0 aliphatic heterocycles. The fourth-order valence-corrected chi connectivity index (χ4v) is 0. The fourth-order valence-electron chi connectivity index (χ4n) is 0. The average Bonchev–Trinajstić information content (AvgIpc) is 0. The van der Waals surface area contributed by atoms with E-state index in [9.17, 15) is 0 Å². The minimum atomic E-state index is 0. The van der Waals surface area contributed by atoms with Gasteiger partial charge in [-0.3, -0.25) is 0 Å². The maximum absolute atomic E-state index is 0. The summed E-state index contributed by atoms with van der Waals surface area (Å²) in [6, 6.07) is 0. The molecule has 0 unspecified atom stereocenters. The molecule has 0 aromatic rings. The van der Waals surface area contributed by atoms with Crippen LogP contribution in [0.1, 0.15) is 0 Å². The van der Waals surface area contributed by atoms with Crippen LogP contribution in [0.5, 0.6) is 0 Å². The van der Waals surface area contributed by atoms with E-state index < -0.39 is 0 Å². The molecule has 0 aliphatic carbocycles. The van der Waals surface area contributed by atoms with Crippen molar-refractivity contribution in [3.8, 4) is 0 Å². The zero-order chi connectivity index (χ0) is 0. The Morgan fingerprint density at radius 3 is 0.600 bits per heavy atom. The Morgan fingerprint density at radius 1 is 0.600 bits per heavy atom. The van der Waals surface area contributed by atoms with E-state index in [1.807, 2.05) is 0 Å². The molecular weight excluding hydrogens is 354 g/mol. The molecule has 0 saturated heterocycles. The van der Waals surface area contributed by atoms with E-state index in [1.165, 1.54) is 0 Å². The first-order chi connectivity index (χ1) is 0. The zero-order valence-corrected chi connectivity index (χ0v) is 10.2. The van der Waals surface area contributed by atoms with E-state index in [2.05, 4.69) is 0 Å². The van der Waals surface area contributed by atoms with Crippen LogP contribution in [0.15, 0.2) is 0 Å². The molecular formula is H6Br3ClSe. The van der Waals surface area contributed by atoms with E-state index in [0.29, 0.717) is 0 Å². The molecule has 0 radical (unpaired) electrons. The van der Waals surface area contributed by atoms with Gasteiger partial charge in [0, 0.05) is 0 Å². The zero-order valence-electron chi connectivity index (χ0n) is 2.13. The SMILES string of the molecule is Br.Br.Br.Cl.[SeH2]. The second-order valence-corrected chi connectivity index (χ2v) is 0. The molecule has 0 aliphatic rings. The number of rotatable bonds is 0. The third-order valence-electron chi connectivity index (χ3n) is 0. The van der Waals surface area contributed by atoms with Crippen LogP contribution in [-0.4, -0.2) is 17.1 Å². The summed E-state index contributed by atoms with van der Waals surface area (Å²) < 4.78 is 0. The summed E-state index contributed by atoms with van der Waals surface area (Å²) in [6.45, 7) is 0. The molecule has 5 heteroatoms. The first-order valence-electron chi connectivity index (χ1n) is 0. The van der Waals surface area contributed by atoms with E-state index in [-0.39, 0.29) is 80.4 Å². The normalized spacial score (nSPS) is 0. The summed E-state index contributed by atoms with van der Waals surface area (Å²) in [5.74, 6) is 0. The van der Waals surface area contributed by atoms with Gasteiger partial charge < -0.3 is 0 Å². The first-order valence-corrected chi connectivity index (χ1v) is 0. The Kier molecular flexibility index (Phi) is 381. The second-order valence-electron chi connectivity index (χ2n) is 0. The van der Waals surface area contributed by atoms with Gasteiger partial charge in [0.05, 0.1) is 0 Å². The van der Waals surface area contributed by atoms with Crippen molar-refractivity contribution in [2.24, 2.45) is 0 Å². The molecule has 0 atom stereocenters. The Hall–Kier alpha value is 2.25. The number of halogens is 4. The molecule has 0 aromatic heterocycles. The van der Waals surface area contributed by atoms with Crippen LogP contribution < -0.4 is 0 Å².